The first-order valence-electron chi connectivity index (χ1n) is 8.85. The number of β-amino-alcohol motifs (C(OH)–C–C–N with tert-alkyl or cyclic N) is 1. The first-order valence-corrected chi connectivity index (χ1v) is 8.85. The second-order valence-electron chi connectivity index (χ2n) is 6.65. The van der Waals surface area contributed by atoms with Crippen LogP contribution >= 0.6 is 0 Å². The molecule has 0 spiro atoms. The van der Waals surface area contributed by atoms with E-state index in [9.17, 15) is 23.5 Å². The molecule has 0 radical (unpaired) electrons. The predicted octanol–water partition coefficient (Wildman–Crippen LogP) is 2.49. The normalized spacial score (nSPS) is 20.0. The fourth-order valence-corrected chi connectivity index (χ4v) is 3.00. The van der Waals surface area contributed by atoms with Gasteiger partial charge in [0.05, 0.1) is 6.54 Å². The molecule has 0 saturated carbocycles. The van der Waals surface area contributed by atoms with Crippen molar-refractivity contribution in [2.24, 2.45) is 0 Å². The highest BCUT2D eigenvalue weighted by molar-refractivity contribution is 6.07. The highest BCUT2D eigenvalue weighted by atomic mass is 19.3. The van der Waals surface area contributed by atoms with E-state index in [4.69, 9.17) is 4.74 Å². The maximum absolute atomic E-state index is 12.8. The lowest BCUT2D eigenvalue weighted by Crippen LogP contribution is -2.42. The molecule has 154 valence electrons. The van der Waals surface area contributed by atoms with E-state index in [1.165, 1.54) is 31.2 Å². The lowest BCUT2D eigenvalue weighted by Gasteiger charge is -2.23. The van der Waals surface area contributed by atoms with Gasteiger partial charge in [-0.3, -0.25) is 9.69 Å². The Balaban J connectivity index is 1.65. The van der Waals surface area contributed by atoms with Crippen molar-refractivity contribution in [2.45, 2.75) is 25.2 Å². The number of imide groups is 1. The van der Waals surface area contributed by atoms with Crippen molar-refractivity contribution in [3.8, 4) is 11.5 Å². The van der Waals surface area contributed by atoms with Gasteiger partial charge in [-0.1, -0.05) is 30.3 Å². The van der Waals surface area contributed by atoms with Crippen molar-refractivity contribution in [3.05, 3.63) is 60.2 Å². The minimum Gasteiger partial charge on any atom is -0.491 e. The Hall–Kier alpha value is -3.20. The summed E-state index contributed by atoms with van der Waals surface area (Å²) >= 11 is 0. The third-order valence-electron chi connectivity index (χ3n) is 4.51. The third kappa shape index (κ3) is 4.62. The Morgan fingerprint density at radius 2 is 1.72 bits per heavy atom. The molecule has 0 aliphatic carbocycles. The number of benzene rings is 2. The summed E-state index contributed by atoms with van der Waals surface area (Å²) in [5.74, 6) is -0.0713. The summed E-state index contributed by atoms with van der Waals surface area (Å²) in [5, 5.41) is 12.8. The van der Waals surface area contributed by atoms with Crippen LogP contribution in [0.4, 0.5) is 13.6 Å². The Bertz CT molecular complexity index is 863. The van der Waals surface area contributed by atoms with Crippen LogP contribution in [0.2, 0.25) is 0 Å². The SMILES string of the molecule is C[C@]1(c2ccc(OC(F)F)cc2)NC(=O)N(C[C@H](O)COc2ccccc2)C1=O. The summed E-state index contributed by atoms with van der Waals surface area (Å²) in [7, 11) is 0. The second-order valence-corrected chi connectivity index (χ2v) is 6.65. The van der Waals surface area contributed by atoms with Crippen molar-refractivity contribution >= 4 is 11.9 Å². The van der Waals surface area contributed by atoms with Gasteiger partial charge in [-0.2, -0.15) is 8.78 Å². The summed E-state index contributed by atoms with van der Waals surface area (Å²) in [6.45, 7) is -1.81. The van der Waals surface area contributed by atoms with Crippen LogP contribution in [0.15, 0.2) is 54.6 Å². The summed E-state index contributed by atoms with van der Waals surface area (Å²) in [4.78, 5) is 26.1. The molecule has 2 aromatic rings. The minimum absolute atomic E-state index is 0.0607. The molecule has 1 fully saturated rings. The van der Waals surface area contributed by atoms with E-state index in [0.717, 1.165) is 4.90 Å². The standard InChI is InChI=1S/C20H20F2N2O5/c1-20(13-7-9-16(10-8-13)29-18(21)22)17(26)24(19(27)23-20)11-14(25)12-28-15-5-3-2-4-6-15/h2-10,14,18,25H,11-12H2,1H3,(H,23,27)/t14-,20+/m0/s1. The topological polar surface area (TPSA) is 88.1 Å². The number of urea groups is 1. The van der Waals surface area contributed by atoms with Crippen molar-refractivity contribution < 1.29 is 33.0 Å². The molecule has 0 unspecified atom stereocenters. The molecule has 7 nitrogen and oxygen atoms in total. The molecule has 0 aromatic heterocycles. The van der Waals surface area contributed by atoms with E-state index < -0.39 is 30.2 Å². The number of aliphatic hydroxyl groups is 1. The Morgan fingerprint density at radius 3 is 2.34 bits per heavy atom. The monoisotopic (exact) mass is 406 g/mol. The van der Waals surface area contributed by atoms with E-state index in [-0.39, 0.29) is 18.9 Å². The number of carbonyl (C=O) groups is 2. The van der Waals surface area contributed by atoms with Gasteiger partial charge in [0, 0.05) is 0 Å². The second kappa shape index (κ2) is 8.44. The van der Waals surface area contributed by atoms with Gasteiger partial charge in [0.15, 0.2) is 0 Å². The first-order chi connectivity index (χ1) is 13.8. The Labute approximate surface area is 165 Å². The fourth-order valence-electron chi connectivity index (χ4n) is 3.00. The number of rotatable bonds is 8. The molecule has 9 heteroatoms. The zero-order valence-electron chi connectivity index (χ0n) is 15.5. The summed E-state index contributed by atoms with van der Waals surface area (Å²) in [5.41, 5.74) is -0.990. The molecule has 1 aliphatic heterocycles. The number of amides is 3. The number of para-hydroxylation sites is 1. The summed E-state index contributed by atoms with van der Waals surface area (Å²) < 4.78 is 34.3. The molecule has 1 saturated heterocycles. The molecule has 2 aromatic carbocycles. The van der Waals surface area contributed by atoms with Gasteiger partial charge in [0.1, 0.15) is 29.7 Å². The minimum atomic E-state index is -2.96. The fraction of sp³-hybridized carbons (Fsp3) is 0.300. The van der Waals surface area contributed by atoms with Crippen LogP contribution in [0.5, 0.6) is 11.5 Å². The highest BCUT2D eigenvalue weighted by Gasteiger charge is 2.49. The predicted molar refractivity (Wildman–Crippen MR) is 98.6 cm³/mol. The molecular weight excluding hydrogens is 386 g/mol. The highest BCUT2D eigenvalue weighted by Crippen LogP contribution is 2.30. The van der Waals surface area contributed by atoms with Crippen molar-refractivity contribution in [1.82, 2.24) is 10.2 Å². The largest absolute Gasteiger partial charge is 0.491 e. The number of hydrogen-bond acceptors (Lipinski definition) is 5. The lowest BCUT2D eigenvalue weighted by molar-refractivity contribution is -0.132. The van der Waals surface area contributed by atoms with Gasteiger partial charge in [0.2, 0.25) is 0 Å². The lowest BCUT2D eigenvalue weighted by atomic mass is 9.92. The summed E-state index contributed by atoms with van der Waals surface area (Å²) in [6.07, 6.45) is -1.09. The zero-order valence-corrected chi connectivity index (χ0v) is 15.5. The number of aliphatic hydroxyl groups excluding tert-OH is 1. The Morgan fingerprint density at radius 1 is 1.07 bits per heavy atom. The molecular formula is C20H20F2N2O5. The molecule has 2 atom stereocenters. The maximum atomic E-state index is 12.8. The van der Waals surface area contributed by atoms with Crippen molar-refractivity contribution in [2.75, 3.05) is 13.2 Å². The molecule has 3 rings (SSSR count). The first kappa shape index (κ1) is 20.5. The van der Waals surface area contributed by atoms with Crippen LogP contribution in [-0.2, 0) is 10.3 Å². The number of nitrogens with zero attached hydrogens (tertiary/aromatic N) is 1. The van der Waals surface area contributed by atoms with Crippen LogP contribution < -0.4 is 14.8 Å². The van der Waals surface area contributed by atoms with Crippen LogP contribution in [-0.4, -0.2) is 47.8 Å². The van der Waals surface area contributed by atoms with E-state index in [1.807, 2.05) is 6.07 Å². The summed E-state index contributed by atoms with van der Waals surface area (Å²) in [6, 6.07) is 13.6. The van der Waals surface area contributed by atoms with Crippen LogP contribution in [0.25, 0.3) is 0 Å². The van der Waals surface area contributed by atoms with E-state index in [2.05, 4.69) is 10.1 Å². The van der Waals surface area contributed by atoms with Gasteiger partial charge in [-0.25, -0.2) is 4.79 Å². The third-order valence-corrected chi connectivity index (χ3v) is 4.51. The van der Waals surface area contributed by atoms with Crippen LogP contribution in [0.3, 0.4) is 0 Å². The quantitative estimate of drug-likeness (QED) is 0.658. The van der Waals surface area contributed by atoms with E-state index in [0.29, 0.717) is 11.3 Å². The maximum Gasteiger partial charge on any atom is 0.387 e. The van der Waals surface area contributed by atoms with Gasteiger partial charge < -0.3 is 19.9 Å². The molecule has 2 N–H and O–H groups in total. The van der Waals surface area contributed by atoms with E-state index >= 15 is 0 Å². The van der Waals surface area contributed by atoms with Crippen LogP contribution in [0, 0.1) is 0 Å². The number of ether oxygens (including phenoxy) is 2. The molecule has 29 heavy (non-hydrogen) atoms. The number of hydrogen-bond donors (Lipinski definition) is 2. The van der Waals surface area contributed by atoms with Crippen LogP contribution in [0.1, 0.15) is 12.5 Å². The number of halogens is 2. The smallest absolute Gasteiger partial charge is 0.387 e. The molecule has 3 amide bonds. The van der Waals surface area contributed by atoms with Gasteiger partial charge in [-0.15, -0.1) is 0 Å². The average molecular weight is 406 g/mol. The van der Waals surface area contributed by atoms with Crippen molar-refractivity contribution in [3.63, 3.8) is 0 Å². The van der Waals surface area contributed by atoms with Gasteiger partial charge in [0.25, 0.3) is 5.91 Å². The van der Waals surface area contributed by atoms with Gasteiger partial charge in [-0.05, 0) is 36.8 Å². The molecule has 1 heterocycles. The Kier molecular flexibility index (Phi) is 5.97. The van der Waals surface area contributed by atoms with E-state index in [1.54, 1.807) is 24.3 Å². The zero-order chi connectivity index (χ0) is 21.0. The molecule has 0 bridgehead atoms. The average Bonchev–Trinajstić information content (AvgIpc) is 2.91. The van der Waals surface area contributed by atoms with Crippen molar-refractivity contribution in [1.29, 1.82) is 0 Å². The number of carbonyl (C=O) groups excluding carboxylic acids is 2. The van der Waals surface area contributed by atoms with Gasteiger partial charge >= 0.3 is 12.6 Å². The number of alkyl halides is 2. The molecule has 1 aliphatic rings. The number of nitrogens with one attached hydrogen (secondary N) is 1.